The van der Waals surface area contributed by atoms with Crippen LogP contribution in [0.15, 0.2) is 12.3 Å². The lowest BCUT2D eigenvalue weighted by Crippen LogP contribution is -2.35. The largest absolute Gasteiger partial charge is 0.356 e. The Labute approximate surface area is 126 Å². The van der Waals surface area contributed by atoms with E-state index in [1.54, 1.807) is 6.20 Å². The number of hydrogen-bond acceptors (Lipinski definition) is 6. The normalized spacial score (nSPS) is 25.0. The zero-order valence-corrected chi connectivity index (χ0v) is 13.2. The highest BCUT2D eigenvalue weighted by atomic mass is 32.2. The maximum atomic E-state index is 11.6. The Bertz CT molecular complexity index is 599. The van der Waals surface area contributed by atoms with Crippen LogP contribution in [0.25, 0.3) is 0 Å². The molecule has 0 aliphatic carbocycles. The first-order valence-corrected chi connectivity index (χ1v) is 9.38. The topological polar surface area (TPSA) is 66.4 Å². The summed E-state index contributed by atoms with van der Waals surface area (Å²) in [6.45, 7) is 2.08. The second-order valence-electron chi connectivity index (χ2n) is 5.93. The van der Waals surface area contributed by atoms with Gasteiger partial charge < -0.3 is 9.80 Å². The predicted octanol–water partition coefficient (Wildman–Crippen LogP) is 1.09. The van der Waals surface area contributed by atoms with Gasteiger partial charge in [-0.15, -0.1) is 0 Å². The fraction of sp³-hybridized carbons (Fsp3) is 0.714. The van der Waals surface area contributed by atoms with Crippen molar-refractivity contribution in [3.05, 3.63) is 12.3 Å². The molecule has 0 spiro atoms. The summed E-state index contributed by atoms with van der Waals surface area (Å²) in [6.07, 6.45) is 6.13. The second kappa shape index (κ2) is 5.79. The molecular weight excluding hydrogens is 288 g/mol. The Morgan fingerprint density at radius 2 is 2.05 bits per heavy atom. The average Bonchev–Trinajstić information content (AvgIpc) is 2.88. The van der Waals surface area contributed by atoms with E-state index in [1.165, 1.54) is 19.3 Å². The van der Waals surface area contributed by atoms with Crippen molar-refractivity contribution in [3.63, 3.8) is 0 Å². The lowest BCUT2D eigenvalue weighted by atomic mass is 10.1. The van der Waals surface area contributed by atoms with Gasteiger partial charge in [0.15, 0.2) is 9.84 Å². The summed E-state index contributed by atoms with van der Waals surface area (Å²) >= 11 is 0. The Morgan fingerprint density at radius 3 is 2.71 bits per heavy atom. The third kappa shape index (κ3) is 3.28. The Kier molecular flexibility index (Phi) is 4.01. The minimum atomic E-state index is -2.89. The van der Waals surface area contributed by atoms with E-state index in [4.69, 9.17) is 0 Å². The zero-order chi connectivity index (χ0) is 14.9. The molecule has 1 aromatic heterocycles. The molecule has 0 N–H and O–H groups in total. The van der Waals surface area contributed by atoms with E-state index in [-0.39, 0.29) is 17.5 Å². The lowest BCUT2D eigenvalue weighted by Gasteiger charge is -2.29. The highest BCUT2D eigenvalue weighted by Gasteiger charge is 2.31. The summed E-state index contributed by atoms with van der Waals surface area (Å²) in [6, 6.07) is 1.93. The molecule has 0 radical (unpaired) electrons. The minimum absolute atomic E-state index is 0.00777. The molecule has 7 heteroatoms. The van der Waals surface area contributed by atoms with Gasteiger partial charge >= 0.3 is 0 Å². The molecule has 2 fully saturated rings. The first-order valence-electron chi connectivity index (χ1n) is 7.56. The van der Waals surface area contributed by atoms with Gasteiger partial charge in [-0.1, -0.05) is 0 Å². The van der Waals surface area contributed by atoms with Crippen molar-refractivity contribution >= 4 is 21.6 Å². The summed E-state index contributed by atoms with van der Waals surface area (Å²) in [5.74, 6) is 2.06. The Balaban J connectivity index is 1.76. The zero-order valence-electron chi connectivity index (χ0n) is 12.4. The molecule has 116 valence electrons. The number of nitrogens with zero attached hydrogens (tertiary/aromatic N) is 4. The van der Waals surface area contributed by atoms with Crippen molar-refractivity contribution < 1.29 is 8.42 Å². The molecule has 1 unspecified atom stereocenters. The van der Waals surface area contributed by atoms with E-state index in [9.17, 15) is 8.42 Å². The molecule has 0 amide bonds. The predicted molar refractivity (Wildman–Crippen MR) is 83.6 cm³/mol. The van der Waals surface area contributed by atoms with E-state index in [0.29, 0.717) is 12.4 Å². The molecule has 2 aliphatic rings. The second-order valence-corrected chi connectivity index (χ2v) is 8.16. The van der Waals surface area contributed by atoms with Gasteiger partial charge in [-0.25, -0.2) is 13.4 Å². The van der Waals surface area contributed by atoms with Crippen molar-refractivity contribution in [1.29, 1.82) is 0 Å². The van der Waals surface area contributed by atoms with E-state index in [0.717, 1.165) is 18.9 Å². The van der Waals surface area contributed by atoms with Gasteiger partial charge in [-0.3, -0.25) is 0 Å². The maximum Gasteiger partial charge on any atom is 0.227 e. The number of piperidine rings is 1. The van der Waals surface area contributed by atoms with Gasteiger partial charge in [0.05, 0.1) is 11.5 Å². The van der Waals surface area contributed by atoms with Gasteiger partial charge in [0, 0.05) is 32.4 Å². The molecule has 0 bridgehead atoms. The number of anilines is 2. The van der Waals surface area contributed by atoms with Crippen LogP contribution in [0.5, 0.6) is 0 Å². The van der Waals surface area contributed by atoms with Crippen LogP contribution in [0.4, 0.5) is 11.8 Å². The monoisotopic (exact) mass is 310 g/mol. The van der Waals surface area contributed by atoms with Crippen LogP contribution in [0.1, 0.15) is 25.7 Å². The summed E-state index contributed by atoms with van der Waals surface area (Å²) in [5, 5.41) is 0. The van der Waals surface area contributed by atoms with Crippen molar-refractivity contribution in [2.45, 2.75) is 31.7 Å². The number of sulfone groups is 1. The molecule has 3 heterocycles. The first-order chi connectivity index (χ1) is 10.1. The van der Waals surface area contributed by atoms with E-state index >= 15 is 0 Å². The molecule has 0 saturated carbocycles. The third-order valence-electron chi connectivity index (χ3n) is 4.38. The third-order valence-corrected chi connectivity index (χ3v) is 6.13. The van der Waals surface area contributed by atoms with Gasteiger partial charge in [0.25, 0.3) is 0 Å². The van der Waals surface area contributed by atoms with Crippen LogP contribution >= 0.6 is 0 Å². The van der Waals surface area contributed by atoms with E-state index in [1.807, 2.05) is 18.0 Å². The summed E-state index contributed by atoms with van der Waals surface area (Å²) in [4.78, 5) is 13.2. The van der Waals surface area contributed by atoms with Crippen molar-refractivity contribution in [2.24, 2.45) is 0 Å². The molecule has 2 aliphatic heterocycles. The van der Waals surface area contributed by atoms with Crippen molar-refractivity contribution in [1.82, 2.24) is 9.97 Å². The Hall–Kier alpha value is -1.37. The van der Waals surface area contributed by atoms with Crippen LogP contribution in [-0.2, 0) is 9.84 Å². The summed E-state index contributed by atoms with van der Waals surface area (Å²) in [5.41, 5.74) is 0. The van der Waals surface area contributed by atoms with Crippen LogP contribution in [0.3, 0.4) is 0 Å². The summed E-state index contributed by atoms with van der Waals surface area (Å²) < 4.78 is 23.2. The van der Waals surface area contributed by atoms with Crippen LogP contribution < -0.4 is 9.80 Å². The van der Waals surface area contributed by atoms with Gasteiger partial charge in [0.1, 0.15) is 5.82 Å². The van der Waals surface area contributed by atoms with Crippen molar-refractivity contribution in [2.75, 3.05) is 41.4 Å². The van der Waals surface area contributed by atoms with Crippen LogP contribution in [0.2, 0.25) is 0 Å². The van der Waals surface area contributed by atoms with Crippen LogP contribution in [-0.4, -0.2) is 56.1 Å². The number of aromatic nitrogens is 2. The SMILES string of the molecule is CN(c1nccc(N2CCCCC2)n1)C1CCS(=O)(=O)C1. The van der Waals surface area contributed by atoms with Gasteiger partial charge in [-0.05, 0) is 31.7 Å². The molecule has 2 saturated heterocycles. The van der Waals surface area contributed by atoms with Gasteiger partial charge in [0.2, 0.25) is 5.95 Å². The molecular formula is C14H22N4O2S. The lowest BCUT2D eigenvalue weighted by molar-refractivity contribution is 0.572. The van der Waals surface area contributed by atoms with Crippen molar-refractivity contribution in [3.8, 4) is 0 Å². The fourth-order valence-corrected chi connectivity index (χ4v) is 4.83. The quantitative estimate of drug-likeness (QED) is 0.832. The fourth-order valence-electron chi connectivity index (χ4n) is 3.05. The van der Waals surface area contributed by atoms with Crippen LogP contribution in [0, 0.1) is 0 Å². The molecule has 0 aromatic carbocycles. The highest BCUT2D eigenvalue weighted by molar-refractivity contribution is 7.91. The molecule has 3 rings (SSSR count). The Morgan fingerprint density at radius 1 is 1.29 bits per heavy atom. The summed E-state index contributed by atoms with van der Waals surface area (Å²) in [7, 11) is -0.997. The highest BCUT2D eigenvalue weighted by Crippen LogP contribution is 2.23. The van der Waals surface area contributed by atoms with Gasteiger partial charge in [-0.2, -0.15) is 4.98 Å². The first kappa shape index (κ1) is 14.6. The number of hydrogen-bond donors (Lipinski definition) is 0. The smallest absolute Gasteiger partial charge is 0.227 e. The standard InChI is InChI=1S/C14H22N4O2S/c1-17(12-6-10-21(19,20)11-12)14-15-7-5-13(16-14)18-8-3-2-4-9-18/h5,7,12H,2-4,6,8-11H2,1H3. The maximum absolute atomic E-state index is 11.6. The minimum Gasteiger partial charge on any atom is -0.356 e. The molecule has 1 aromatic rings. The number of rotatable bonds is 3. The van der Waals surface area contributed by atoms with E-state index in [2.05, 4.69) is 14.9 Å². The molecule has 6 nitrogen and oxygen atoms in total. The average molecular weight is 310 g/mol. The van der Waals surface area contributed by atoms with E-state index < -0.39 is 9.84 Å². The molecule has 1 atom stereocenters. The molecule has 21 heavy (non-hydrogen) atoms.